The summed E-state index contributed by atoms with van der Waals surface area (Å²) < 4.78 is 8.60. The number of aromatic nitrogens is 1. The lowest BCUT2D eigenvalue weighted by molar-refractivity contribution is -0.178. The standard InChI is InChI=1S/C14H6N2O6/c17-11-9(12(18)21-11)7-5-4-6-2-1-3-8(10(6)15-7)16-13(19)22-14(16)20/h1-5,9H. The van der Waals surface area contributed by atoms with Crippen LogP contribution in [0.4, 0.5) is 15.3 Å². The molecule has 0 saturated carbocycles. The van der Waals surface area contributed by atoms with Crippen molar-refractivity contribution < 1.29 is 28.7 Å². The fourth-order valence-electron chi connectivity index (χ4n) is 2.38. The molecule has 108 valence electrons. The van der Waals surface area contributed by atoms with Crippen LogP contribution < -0.4 is 4.90 Å². The number of para-hydroxylation sites is 1. The maximum Gasteiger partial charge on any atom is 0.433 e. The van der Waals surface area contributed by atoms with Gasteiger partial charge in [-0.05, 0) is 12.1 Å². The van der Waals surface area contributed by atoms with E-state index in [1.165, 1.54) is 12.1 Å². The number of imide groups is 1. The van der Waals surface area contributed by atoms with Crippen LogP contribution >= 0.6 is 0 Å². The van der Waals surface area contributed by atoms with Crippen molar-refractivity contribution in [1.82, 2.24) is 4.98 Å². The molecule has 0 radical (unpaired) electrons. The smallest absolute Gasteiger partial charge is 0.391 e. The second kappa shape index (κ2) is 4.10. The summed E-state index contributed by atoms with van der Waals surface area (Å²) in [5, 5.41) is 0.647. The van der Waals surface area contributed by atoms with Gasteiger partial charge in [-0.2, -0.15) is 4.90 Å². The molecule has 3 heterocycles. The van der Waals surface area contributed by atoms with Gasteiger partial charge < -0.3 is 9.47 Å². The van der Waals surface area contributed by atoms with Crippen LogP contribution in [0.1, 0.15) is 11.6 Å². The zero-order valence-electron chi connectivity index (χ0n) is 10.8. The molecule has 8 heteroatoms. The fraction of sp³-hybridized carbons (Fsp3) is 0.0714. The Hall–Kier alpha value is -3.29. The zero-order valence-corrected chi connectivity index (χ0v) is 10.8. The normalized spacial score (nSPS) is 17.9. The Balaban J connectivity index is 1.87. The van der Waals surface area contributed by atoms with Gasteiger partial charge in [0.05, 0.1) is 16.9 Å². The highest BCUT2D eigenvalue weighted by Gasteiger charge is 2.45. The Kier molecular flexibility index (Phi) is 2.32. The number of nitrogens with zero attached hydrogens (tertiary/aromatic N) is 2. The van der Waals surface area contributed by atoms with Crippen LogP contribution in [0.5, 0.6) is 0 Å². The first-order valence-corrected chi connectivity index (χ1v) is 6.27. The van der Waals surface area contributed by atoms with Gasteiger partial charge in [-0.1, -0.05) is 18.2 Å². The van der Waals surface area contributed by atoms with E-state index in [9.17, 15) is 19.2 Å². The van der Waals surface area contributed by atoms with Crippen LogP contribution in [0.2, 0.25) is 0 Å². The minimum Gasteiger partial charge on any atom is -0.391 e. The van der Waals surface area contributed by atoms with E-state index >= 15 is 0 Å². The third-order valence-electron chi connectivity index (χ3n) is 3.47. The predicted molar refractivity (Wildman–Crippen MR) is 69.9 cm³/mol. The van der Waals surface area contributed by atoms with Crippen molar-refractivity contribution in [3.05, 3.63) is 36.0 Å². The number of pyridine rings is 1. The van der Waals surface area contributed by atoms with E-state index < -0.39 is 30.0 Å². The van der Waals surface area contributed by atoms with Crippen LogP contribution in [-0.2, 0) is 19.1 Å². The molecule has 2 aliphatic rings. The van der Waals surface area contributed by atoms with Gasteiger partial charge in [0.2, 0.25) is 0 Å². The average molecular weight is 298 g/mol. The summed E-state index contributed by atoms with van der Waals surface area (Å²) in [5.41, 5.74) is 0.765. The van der Waals surface area contributed by atoms with Crippen molar-refractivity contribution in [2.75, 3.05) is 4.90 Å². The topological polar surface area (TPSA) is 103 Å². The molecular weight excluding hydrogens is 292 g/mol. The number of hydrogen-bond donors (Lipinski definition) is 0. The average Bonchev–Trinajstić information content (AvgIpc) is 2.47. The minimum atomic E-state index is -1.06. The molecule has 2 saturated heterocycles. The summed E-state index contributed by atoms with van der Waals surface area (Å²) in [6.45, 7) is 0. The Morgan fingerprint density at radius 2 is 1.64 bits per heavy atom. The van der Waals surface area contributed by atoms with Gasteiger partial charge in [0.1, 0.15) is 0 Å². The molecule has 1 aromatic heterocycles. The molecular formula is C14H6N2O6. The summed E-state index contributed by atoms with van der Waals surface area (Å²) in [6.07, 6.45) is -1.60. The summed E-state index contributed by atoms with van der Waals surface area (Å²) in [5.74, 6) is -2.40. The first-order chi connectivity index (χ1) is 10.6. The number of ether oxygens (including phenoxy) is 2. The van der Waals surface area contributed by atoms with Crippen LogP contribution in [0.15, 0.2) is 30.3 Å². The van der Waals surface area contributed by atoms with Gasteiger partial charge in [0.15, 0.2) is 5.92 Å². The monoisotopic (exact) mass is 298 g/mol. The van der Waals surface area contributed by atoms with Crippen LogP contribution in [-0.4, -0.2) is 29.1 Å². The lowest BCUT2D eigenvalue weighted by Gasteiger charge is -2.27. The molecule has 1 aromatic carbocycles. The zero-order chi connectivity index (χ0) is 15.4. The number of benzene rings is 1. The van der Waals surface area contributed by atoms with Crippen LogP contribution in [0.25, 0.3) is 10.9 Å². The van der Waals surface area contributed by atoms with Crippen molar-refractivity contribution in [3.63, 3.8) is 0 Å². The SMILES string of the molecule is O=C1OC(=O)C1c1ccc2cccc(N3C(=O)OC3=O)c2n1. The molecule has 2 fully saturated rings. The highest BCUT2D eigenvalue weighted by Crippen LogP contribution is 2.33. The molecule has 0 atom stereocenters. The Morgan fingerprint density at radius 1 is 0.909 bits per heavy atom. The first kappa shape index (κ1) is 12.5. The van der Waals surface area contributed by atoms with Gasteiger partial charge in [-0.15, -0.1) is 0 Å². The third kappa shape index (κ3) is 1.54. The molecule has 0 unspecified atom stereocenters. The summed E-state index contributed by atoms with van der Waals surface area (Å²) >= 11 is 0. The van der Waals surface area contributed by atoms with Gasteiger partial charge in [-0.25, -0.2) is 14.6 Å². The van der Waals surface area contributed by atoms with Gasteiger partial charge >= 0.3 is 24.1 Å². The quantitative estimate of drug-likeness (QED) is 0.611. The Labute approximate surface area is 122 Å². The van der Waals surface area contributed by atoms with E-state index in [0.717, 1.165) is 4.90 Å². The molecule has 0 bridgehead atoms. The van der Waals surface area contributed by atoms with E-state index in [0.29, 0.717) is 10.9 Å². The lowest BCUT2D eigenvalue weighted by Crippen LogP contribution is -2.50. The summed E-state index contributed by atoms with van der Waals surface area (Å²) in [6, 6.07) is 8.09. The second-order valence-electron chi connectivity index (χ2n) is 4.73. The highest BCUT2D eigenvalue weighted by atomic mass is 16.7. The van der Waals surface area contributed by atoms with Crippen molar-refractivity contribution in [2.45, 2.75) is 5.92 Å². The number of carbonyl (C=O) groups excluding carboxylic acids is 4. The molecule has 2 aliphatic heterocycles. The maximum atomic E-state index is 11.4. The minimum absolute atomic E-state index is 0.211. The van der Waals surface area contributed by atoms with Crippen molar-refractivity contribution in [1.29, 1.82) is 0 Å². The van der Waals surface area contributed by atoms with E-state index in [2.05, 4.69) is 14.5 Å². The number of fused-ring (bicyclic) bond motifs is 1. The highest BCUT2D eigenvalue weighted by molar-refractivity contribution is 6.24. The lowest BCUT2D eigenvalue weighted by atomic mass is 10.00. The van der Waals surface area contributed by atoms with Gasteiger partial charge in [0, 0.05) is 5.39 Å². The largest absolute Gasteiger partial charge is 0.433 e. The van der Waals surface area contributed by atoms with E-state index in [1.807, 2.05) is 0 Å². The van der Waals surface area contributed by atoms with E-state index in [-0.39, 0.29) is 11.4 Å². The van der Waals surface area contributed by atoms with Gasteiger partial charge in [0.25, 0.3) is 0 Å². The van der Waals surface area contributed by atoms with Crippen molar-refractivity contribution in [3.8, 4) is 0 Å². The molecule has 0 N–H and O–H groups in total. The van der Waals surface area contributed by atoms with Crippen LogP contribution in [0.3, 0.4) is 0 Å². The van der Waals surface area contributed by atoms with Crippen molar-refractivity contribution in [2.24, 2.45) is 0 Å². The number of hydrogen-bond acceptors (Lipinski definition) is 7. The molecule has 8 nitrogen and oxygen atoms in total. The first-order valence-electron chi connectivity index (χ1n) is 6.27. The number of amides is 2. The van der Waals surface area contributed by atoms with Crippen LogP contribution in [0, 0.1) is 0 Å². The van der Waals surface area contributed by atoms with Crippen molar-refractivity contribution >= 4 is 40.7 Å². The number of anilines is 1. The number of esters is 2. The molecule has 2 aromatic rings. The number of carbonyl (C=O) groups is 4. The molecule has 4 rings (SSSR count). The molecule has 0 spiro atoms. The van der Waals surface area contributed by atoms with Gasteiger partial charge in [-0.3, -0.25) is 9.59 Å². The fourth-order valence-corrected chi connectivity index (χ4v) is 2.38. The Morgan fingerprint density at radius 3 is 2.27 bits per heavy atom. The predicted octanol–water partition coefficient (Wildman–Crippen LogP) is 1.48. The molecule has 22 heavy (non-hydrogen) atoms. The maximum absolute atomic E-state index is 11.4. The molecule has 2 amide bonds. The second-order valence-corrected chi connectivity index (χ2v) is 4.73. The van der Waals surface area contributed by atoms with E-state index in [4.69, 9.17) is 0 Å². The number of rotatable bonds is 2. The summed E-state index contributed by atoms with van der Waals surface area (Å²) in [4.78, 5) is 50.6. The number of cyclic esters (lactones) is 4. The molecule has 0 aliphatic carbocycles. The van der Waals surface area contributed by atoms with E-state index in [1.54, 1.807) is 18.2 Å². The summed E-state index contributed by atoms with van der Waals surface area (Å²) in [7, 11) is 0. The Bertz CT molecular complexity index is 862. The third-order valence-corrected chi connectivity index (χ3v) is 3.47.